The molecule has 1 N–H and O–H groups in total. The molecule has 2 aromatic rings. The molecular weight excluding hydrogens is 426 g/mol. The predicted octanol–water partition coefficient (Wildman–Crippen LogP) is 4.55. The normalized spacial score (nSPS) is 11.6. The van der Waals surface area contributed by atoms with E-state index in [1.807, 2.05) is 37.3 Å². The molecule has 8 heteroatoms. The Balaban J connectivity index is 2.05. The van der Waals surface area contributed by atoms with Crippen LogP contribution in [-0.4, -0.2) is 40.0 Å². The van der Waals surface area contributed by atoms with Gasteiger partial charge in [-0.3, -0.25) is 19.7 Å². The highest BCUT2D eigenvalue weighted by Crippen LogP contribution is 2.19. The van der Waals surface area contributed by atoms with E-state index in [0.29, 0.717) is 25.3 Å². The molecule has 2 amide bonds. The Hall–Kier alpha value is -2.87. The van der Waals surface area contributed by atoms with Gasteiger partial charge in [0.2, 0.25) is 11.8 Å². The summed E-state index contributed by atoms with van der Waals surface area (Å²) in [6.45, 7) is 4.96. The lowest BCUT2D eigenvalue weighted by Crippen LogP contribution is -2.49. The van der Waals surface area contributed by atoms with Gasteiger partial charge in [0.1, 0.15) is 6.04 Å². The fourth-order valence-corrected chi connectivity index (χ4v) is 4.13. The molecule has 2 rings (SSSR count). The number of non-ortho nitro benzene ring substituents is 1. The smallest absolute Gasteiger partial charge is 0.269 e. The van der Waals surface area contributed by atoms with Gasteiger partial charge in [-0.1, -0.05) is 62.7 Å². The first-order valence-corrected chi connectivity index (χ1v) is 12.0. The van der Waals surface area contributed by atoms with Gasteiger partial charge in [0.15, 0.2) is 0 Å². The van der Waals surface area contributed by atoms with Crippen LogP contribution < -0.4 is 5.32 Å². The quantitative estimate of drug-likeness (QED) is 0.271. The molecule has 0 spiro atoms. The molecule has 2 aromatic carbocycles. The van der Waals surface area contributed by atoms with Crippen molar-refractivity contribution in [3.05, 3.63) is 75.8 Å². The molecule has 0 aromatic heterocycles. The van der Waals surface area contributed by atoms with Crippen molar-refractivity contribution in [2.45, 2.75) is 51.4 Å². The summed E-state index contributed by atoms with van der Waals surface area (Å²) in [7, 11) is 0. The Morgan fingerprint density at radius 2 is 1.75 bits per heavy atom. The molecule has 0 saturated carbocycles. The molecule has 0 saturated heterocycles. The minimum atomic E-state index is -0.528. The lowest BCUT2D eigenvalue weighted by atomic mass is 10.1. The van der Waals surface area contributed by atoms with Gasteiger partial charge < -0.3 is 10.2 Å². The van der Waals surface area contributed by atoms with E-state index in [1.54, 1.807) is 17.0 Å². The first-order chi connectivity index (χ1) is 15.5. The van der Waals surface area contributed by atoms with Crippen LogP contribution in [0.2, 0.25) is 0 Å². The van der Waals surface area contributed by atoms with E-state index < -0.39 is 11.0 Å². The highest BCUT2D eigenvalue weighted by Gasteiger charge is 2.28. The van der Waals surface area contributed by atoms with Gasteiger partial charge in [0.25, 0.3) is 5.69 Å². The number of benzene rings is 2. The molecule has 0 radical (unpaired) electrons. The maximum absolute atomic E-state index is 13.2. The van der Waals surface area contributed by atoms with Gasteiger partial charge >= 0.3 is 0 Å². The van der Waals surface area contributed by atoms with Crippen LogP contribution in [0.25, 0.3) is 0 Å². The second kappa shape index (κ2) is 13.5. The zero-order valence-electron chi connectivity index (χ0n) is 18.7. The molecule has 32 heavy (non-hydrogen) atoms. The predicted molar refractivity (Wildman–Crippen MR) is 128 cm³/mol. The molecule has 1 atom stereocenters. The third kappa shape index (κ3) is 8.00. The number of thioether (sulfide) groups is 1. The number of carbonyl (C=O) groups is 2. The zero-order chi connectivity index (χ0) is 23.3. The van der Waals surface area contributed by atoms with Gasteiger partial charge in [-0.05, 0) is 24.0 Å². The molecule has 0 aliphatic rings. The standard InChI is InChI=1S/C24H31N3O4S/c1-3-5-15-25-24(29)22(4-2)26(16-19-9-7-6-8-10-19)23(28)18-32-17-20-11-13-21(14-12-20)27(30)31/h6-14,22H,3-5,15-18H2,1-2H3,(H,25,29)/t22-/m0/s1. The van der Waals surface area contributed by atoms with Crippen LogP contribution in [0.4, 0.5) is 5.69 Å². The van der Waals surface area contributed by atoms with Crippen LogP contribution in [0.1, 0.15) is 44.2 Å². The first-order valence-electron chi connectivity index (χ1n) is 10.9. The van der Waals surface area contributed by atoms with Crippen LogP contribution in [0.5, 0.6) is 0 Å². The lowest BCUT2D eigenvalue weighted by molar-refractivity contribution is -0.384. The summed E-state index contributed by atoms with van der Waals surface area (Å²) in [5, 5.41) is 13.7. The van der Waals surface area contributed by atoms with Crippen molar-refractivity contribution in [1.29, 1.82) is 0 Å². The fourth-order valence-electron chi connectivity index (χ4n) is 3.26. The van der Waals surface area contributed by atoms with Crippen LogP contribution in [0, 0.1) is 10.1 Å². The number of unbranched alkanes of at least 4 members (excludes halogenated alkanes) is 1. The molecule has 0 fully saturated rings. The Bertz CT molecular complexity index is 875. The van der Waals surface area contributed by atoms with Crippen molar-refractivity contribution in [1.82, 2.24) is 10.2 Å². The number of nitrogens with one attached hydrogen (secondary N) is 1. The van der Waals surface area contributed by atoms with Crippen molar-refractivity contribution < 1.29 is 14.5 Å². The highest BCUT2D eigenvalue weighted by atomic mass is 32.2. The molecular formula is C24H31N3O4S. The molecule has 0 aliphatic heterocycles. The van der Waals surface area contributed by atoms with Gasteiger partial charge in [-0.25, -0.2) is 0 Å². The van der Waals surface area contributed by atoms with Crippen molar-refractivity contribution >= 4 is 29.3 Å². The number of rotatable bonds is 13. The van der Waals surface area contributed by atoms with Gasteiger partial charge in [-0.2, -0.15) is 0 Å². The topological polar surface area (TPSA) is 92.6 Å². The number of nitro groups is 1. The van der Waals surface area contributed by atoms with E-state index in [0.717, 1.165) is 24.0 Å². The Morgan fingerprint density at radius 1 is 1.06 bits per heavy atom. The highest BCUT2D eigenvalue weighted by molar-refractivity contribution is 7.99. The maximum atomic E-state index is 13.2. The van der Waals surface area contributed by atoms with E-state index in [4.69, 9.17) is 0 Å². The summed E-state index contributed by atoms with van der Waals surface area (Å²) < 4.78 is 0. The summed E-state index contributed by atoms with van der Waals surface area (Å²) in [6, 6.07) is 15.5. The molecule has 7 nitrogen and oxygen atoms in total. The summed E-state index contributed by atoms with van der Waals surface area (Å²) in [4.78, 5) is 38.0. The monoisotopic (exact) mass is 457 g/mol. The molecule has 0 aliphatic carbocycles. The van der Waals surface area contributed by atoms with E-state index in [2.05, 4.69) is 12.2 Å². The van der Waals surface area contributed by atoms with Gasteiger partial charge in [-0.15, -0.1) is 11.8 Å². The number of hydrogen-bond donors (Lipinski definition) is 1. The minimum absolute atomic E-state index is 0.0451. The average Bonchev–Trinajstić information content (AvgIpc) is 2.80. The minimum Gasteiger partial charge on any atom is -0.354 e. The summed E-state index contributed by atoms with van der Waals surface area (Å²) in [6.07, 6.45) is 2.42. The van der Waals surface area contributed by atoms with Crippen molar-refractivity contribution in [3.63, 3.8) is 0 Å². The van der Waals surface area contributed by atoms with E-state index in [-0.39, 0.29) is 23.3 Å². The van der Waals surface area contributed by atoms with E-state index in [9.17, 15) is 19.7 Å². The van der Waals surface area contributed by atoms with Gasteiger partial charge in [0, 0.05) is 31.0 Å². The number of amides is 2. The summed E-state index contributed by atoms with van der Waals surface area (Å²) in [5.41, 5.74) is 1.93. The van der Waals surface area contributed by atoms with E-state index >= 15 is 0 Å². The van der Waals surface area contributed by atoms with Crippen molar-refractivity contribution in [2.24, 2.45) is 0 Å². The number of carbonyl (C=O) groups excluding carboxylic acids is 2. The fraction of sp³-hybridized carbons (Fsp3) is 0.417. The average molecular weight is 458 g/mol. The Labute approximate surface area is 193 Å². The molecule has 172 valence electrons. The molecule has 0 heterocycles. The van der Waals surface area contributed by atoms with Gasteiger partial charge in [0.05, 0.1) is 10.7 Å². The van der Waals surface area contributed by atoms with Crippen molar-refractivity contribution in [2.75, 3.05) is 12.3 Å². The SMILES string of the molecule is CCCCNC(=O)[C@H](CC)N(Cc1ccccc1)C(=O)CSCc1ccc([N+](=O)[O-])cc1. The summed E-state index contributed by atoms with van der Waals surface area (Å²) in [5.74, 6) is 0.564. The zero-order valence-corrected chi connectivity index (χ0v) is 19.5. The van der Waals surface area contributed by atoms with E-state index in [1.165, 1.54) is 23.9 Å². The molecule has 0 unspecified atom stereocenters. The first kappa shape index (κ1) is 25.4. The lowest BCUT2D eigenvalue weighted by Gasteiger charge is -2.30. The third-order valence-electron chi connectivity index (χ3n) is 5.05. The second-order valence-electron chi connectivity index (χ2n) is 7.49. The van der Waals surface area contributed by atoms with Crippen LogP contribution >= 0.6 is 11.8 Å². The summed E-state index contributed by atoms with van der Waals surface area (Å²) >= 11 is 1.44. The van der Waals surface area contributed by atoms with Crippen LogP contribution in [0.15, 0.2) is 54.6 Å². The van der Waals surface area contributed by atoms with Crippen molar-refractivity contribution in [3.8, 4) is 0 Å². The second-order valence-corrected chi connectivity index (χ2v) is 8.48. The van der Waals surface area contributed by atoms with Crippen LogP contribution in [0.3, 0.4) is 0 Å². The maximum Gasteiger partial charge on any atom is 0.269 e. The van der Waals surface area contributed by atoms with Crippen LogP contribution in [-0.2, 0) is 21.9 Å². The number of nitrogens with zero attached hydrogens (tertiary/aromatic N) is 2. The Kier molecular flexibility index (Phi) is 10.7. The number of hydrogen-bond acceptors (Lipinski definition) is 5. The Morgan fingerprint density at radius 3 is 2.34 bits per heavy atom. The third-order valence-corrected chi connectivity index (χ3v) is 6.04. The molecule has 0 bridgehead atoms. The number of nitro benzene ring substituents is 1. The largest absolute Gasteiger partial charge is 0.354 e.